The fraction of sp³-hybridized carbons (Fsp3) is 0.350. The molecule has 2 heterocycles. The van der Waals surface area contributed by atoms with E-state index >= 15 is 0 Å². The number of nitrogens with one attached hydrogen (secondary N) is 1. The smallest absolute Gasteiger partial charge is 0.251 e. The molecule has 4 rings (SSSR count). The highest BCUT2D eigenvalue weighted by molar-refractivity contribution is 6.32. The molecular weight excluding hydrogens is 370 g/mol. The number of carbonyl (C=O) groups excluding carboxylic acids is 1. The van der Waals surface area contributed by atoms with Gasteiger partial charge in [-0.2, -0.15) is 0 Å². The second-order valence-corrected chi connectivity index (χ2v) is 6.91. The highest BCUT2D eigenvalue weighted by atomic mass is 35.5. The number of hydrogen-bond acceptors (Lipinski definition) is 5. The molecule has 2 aliphatic rings. The summed E-state index contributed by atoms with van der Waals surface area (Å²) in [5.41, 5.74) is 2.40. The highest BCUT2D eigenvalue weighted by Crippen LogP contribution is 2.40. The molecule has 27 heavy (non-hydrogen) atoms. The quantitative estimate of drug-likeness (QED) is 0.844. The Labute approximate surface area is 162 Å². The lowest BCUT2D eigenvalue weighted by Crippen LogP contribution is -2.23. The molecule has 2 aromatic rings. The predicted octanol–water partition coefficient (Wildman–Crippen LogP) is 3.72. The number of ether oxygens (including phenoxy) is 4. The molecule has 0 unspecified atom stereocenters. The summed E-state index contributed by atoms with van der Waals surface area (Å²) in [6.45, 7) is 4.93. The average Bonchev–Trinajstić information content (AvgIpc) is 3.25. The van der Waals surface area contributed by atoms with Gasteiger partial charge in [0.15, 0.2) is 11.5 Å². The zero-order valence-corrected chi connectivity index (χ0v) is 15.9. The second kappa shape index (κ2) is 7.19. The van der Waals surface area contributed by atoms with Gasteiger partial charge in [-0.1, -0.05) is 11.6 Å². The zero-order valence-electron chi connectivity index (χ0n) is 15.1. The summed E-state index contributed by atoms with van der Waals surface area (Å²) >= 11 is 6.16. The van der Waals surface area contributed by atoms with Gasteiger partial charge in [0.2, 0.25) is 6.79 Å². The molecule has 142 valence electrons. The first-order valence-electron chi connectivity index (χ1n) is 8.87. The van der Waals surface area contributed by atoms with Gasteiger partial charge >= 0.3 is 0 Å². The molecule has 0 aromatic heterocycles. The first kappa shape index (κ1) is 17.8. The number of benzene rings is 2. The minimum absolute atomic E-state index is 0.103. The van der Waals surface area contributed by atoms with Gasteiger partial charge < -0.3 is 24.3 Å². The first-order chi connectivity index (χ1) is 13.0. The first-order valence-corrected chi connectivity index (χ1v) is 9.25. The van der Waals surface area contributed by atoms with Crippen molar-refractivity contribution in [2.75, 3.05) is 13.4 Å². The van der Waals surface area contributed by atoms with E-state index in [9.17, 15) is 4.79 Å². The zero-order chi connectivity index (χ0) is 19.0. The van der Waals surface area contributed by atoms with Crippen molar-refractivity contribution >= 4 is 17.5 Å². The molecule has 1 amide bonds. The van der Waals surface area contributed by atoms with Crippen molar-refractivity contribution in [3.05, 3.63) is 46.0 Å². The SMILES string of the molecule is CCOc1cc2c(cc1CNC(=O)c1cc(Cl)c3c(c1)OCO3)O[C@@H](C)C2. The summed E-state index contributed by atoms with van der Waals surface area (Å²) in [7, 11) is 0. The molecule has 1 atom stereocenters. The van der Waals surface area contributed by atoms with Crippen molar-refractivity contribution in [3.8, 4) is 23.0 Å². The number of carbonyl (C=O) groups is 1. The number of fused-ring (bicyclic) bond motifs is 2. The summed E-state index contributed by atoms with van der Waals surface area (Å²) in [4.78, 5) is 12.6. The van der Waals surface area contributed by atoms with E-state index in [1.165, 1.54) is 0 Å². The molecule has 2 aliphatic heterocycles. The predicted molar refractivity (Wildman–Crippen MR) is 100 cm³/mol. The molecule has 0 saturated carbocycles. The summed E-state index contributed by atoms with van der Waals surface area (Å²) in [6, 6.07) is 7.14. The molecule has 0 saturated heterocycles. The van der Waals surface area contributed by atoms with Crippen LogP contribution in [-0.4, -0.2) is 25.4 Å². The third-order valence-electron chi connectivity index (χ3n) is 4.51. The number of amides is 1. The largest absolute Gasteiger partial charge is 0.494 e. The molecule has 6 nitrogen and oxygen atoms in total. The molecule has 0 radical (unpaired) electrons. The standard InChI is InChI=1S/C20H20ClNO5/c1-3-24-16-6-12-4-11(2)27-17(12)8-14(16)9-22-20(23)13-5-15(21)19-18(7-13)25-10-26-19/h5-8,11H,3-4,9-10H2,1-2H3,(H,22,23)/t11-/m0/s1. The Morgan fingerprint density at radius 3 is 2.93 bits per heavy atom. The van der Waals surface area contributed by atoms with Crippen LogP contribution in [0.1, 0.15) is 35.3 Å². The van der Waals surface area contributed by atoms with Crippen LogP contribution in [0.5, 0.6) is 23.0 Å². The molecule has 0 bridgehead atoms. The van der Waals surface area contributed by atoms with Gasteiger partial charge in [-0.3, -0.25) is 4.79 Å². The van der Waals surface area contributed by atoms with Crippen molar-refractivity contribution in [3.63, 3.8) is 0 Å². The van der Waals surface area contributed by atoms with Gasteiger partial charge in [-0.25, -0.2) is 0 Å². The van der Waals surface area contributed by atoms with Crippen molar-refractivity contribution in [2.24, 2.45) is 0 Å². The van der Waals surface area contributed by atoms with Crippen molar-refractivity contribution in [2.45, 2.75) is 32.9 Å². The number of hydrogen-bond donors (Lipinski definition) is 1. The van der Waals surface area contributed by atoms with E-state index in [4.69, 9.17) is 30.5 Å². The topological polar surface area (TPSA) is 66.0 Å². The van der Waals surface area contributed by atoms with Crippen LogP contribution in [0.2, 0.25) is 5.02 Å². The Bertz CT molecular complexity index is 898. The van der Waals surface area contributed by atoms with E-state index in [1.807, 2.05) is 26.0 Å². The monoisotopic (exact) mass is 389 g/mol. The maximum atomic E-state index is 12.6. The van der Waals surface area contributed by atoms with Crippen LogP contribution in [0.3, 0.4) is 0 Å². The van der Waals surface area contributed by atoms with Gasteiger partial charge in [-0.05, 0) is 38.1 Å². The minimum atomic E-state index is -0.257. The lowest BCUT2D eigenvalue weighted by Gasteiger charge is -2.13. The molecule has 0 spiro atoms. The summed E-state index contributed by atoms with van der Waals surface area (Å²) < 4.78 is 22.2. The molecular formula is C20H20ClNO5. The maximum absolute atomic E-state index is 12.6. The van der Waals surface area contributed by atoms with Crippen LogP contribution in [0.25, 0.3) is 0 Å². The number of rotatable bonds is 5. The van der Waals surface area contributed by atoms with Crippen molar-refractivity contribution in [1.29, 1.82) is 0 Å². The lowest BCUT2D eigenvalue weighted by atomic mass is 10.1. The van der Waals surface area contributed by atoms with Crippen LogP contribution < -0.4 is 24.3 Å². The Kier molecular flexibility index (Phi) is 4.74. The molecule has 0 aliphatic carbocycles. The Hall–Kier alpha value is -2.60. The number of halogens is 1. The van der Waals surface area contributed by atoms with Crippen LogP contribution >= 0.6 is 11.6 Å². The molecule has 2 aromatic carbocycles. The Morgan fingerprint density at radius 2 is 2.11 bits per heavy atom. The van der Waals surface area contributed by atoms with Gasteiger partial charge in [-0.15, -0.1) is 0 Å². The van der Waals surface area contributed by atoms with Gasteiger partial charge in [0, 0.05) is 29.7 Å². The van der Waals surface area contributed by atoms with Crippen molar-refractivity contribution in [1.82, 2.24) is 5.32 Å². The van der Waals surface area contributed by atoms with Crippen molar-refractivity contribution < 1.29 is 23.7 Å². The normalized spacial score (nSPS) is 16.6. The third-order valence-corrected chi connectivity index (χ3v) is 4.79. The third kappa shape index (κ3) is 3.49. The van der Waals surface area contributed by atoms with E-state index in [0.29, 0.717) is 35.2 Å². The highest BCUT2D eigenvalue weighted by Gasteiger charge is 2.23. The molecule has 0 fully saturated rings. The van der Waals surface area contributed by atoms with Gasteiger partial charge in [0.25, 0.3) is 5.91 Å². The summed E-state index contributed by atoms with van der Waals surface area (Å²) in [6.07, 6.45) is 1.01. The lowest BCUT2D eigenvalue weighted by molar-refractivity contribution is 0.0950. The van der Waals surface area contributed by atoms with Gasteiger partial charge in [0.05, 0.1) is 11.6 Å². The Morgan fingerprint density at radius 1 is 1.26 bits per heavy atom. The minimum Gasteiger partial charge on any atom is -0.494 e. The van der Waals surface area contributed by atoms with Crippen LogP contribution in [0.15, 0.2) is 24.3 Å². The van der Waals surface area contributed by atoms with E-state index in [2.05, 4.69) is 5.32 Å². The van der Waals surface area contributed by atoms with E-state index < -0.39 is 0 Å². The summed E-state index contributed by atoms with van der Waals surface area (Å²) in [5.74, 6) is 2.30. The van der Waals surface area contributed by atoms with Crippen LogP contribution in [0.4, 0.5) is 0 Å². The van der Waals surface area contributed by atoms with Crippen LogP contribution in [0, 0.1) is 0 Å². The van der Waals surface area contributed by atoms with E-state index in [1.54, 1.807) is 12.1 Å². The maximum Gasteiger partial charge on any atom is 0.251 e. The van der Waals surface area contributed by atoms with Crippen LogP contribution in [-0.2, 0) is 13.0 Å². The van der Waals surface area contributed by atoms with E-state index in [0.717, 1.165) is 29.0 Å². The Balaban J connectivity index is 1.52. The average molecular weight is 390 g/mol. The van der Waals surface area contributed by atoms with Gasteiger partial charge in [0.1, 0.15) is 17.6 Å². The fourth-order valence-electron chi connectivity index (χ4n) is 3.29. The second-order valence-electron chi connectivity index (χ2n) is 6.51. The molecule has 1 N–H and O–H groups in total. The fourth-order valence-corrected chi connectivity index (χ4v) is 3.55. The summed E-state index contributed by atoms with van der Waals surface area (Å²) in [5, 5.41) is 3.26. The van der Waals surface area contributed by atoms with E-state index in [-0.39, 0.29) is 18.8 Å². The molecule has 7 heteroatoms.